The monoisotopic (exact) mass is 264 g/mol. The van der Waals surface area contributed by atoms with Gasteiger partial charge < -0.3 is 9.47 Å². The molecular weight excluding hydrogens is 244 g/mol. The van der Waals surface area contributed by atoms with Gasteiger partial charge in [0.25, 0.3) is 0 Å². The van der Waals surface area contributed by atoms with Gasteiger partial charge in [-0.25, -0.2) is 0 Å². The molecule has 0 saturated heterocycles. The molecule has 0 N–H and O–H groups in total. The van der Waals surface area contributed by atoms with E-state index < -0.39 is 11.4 Å². The van der Waals surface area contributed by atoms with Crippen LogP contribution in [0.15, 0.2) is 18.2 Å². The van der Waals surface area contributed by atoms with Crippen molar-refractivity contribution in [3.63, 3.8) is 0 Å². The van der Waals surface area contributed by atoms with E-state index in [1.807, 2.05) is 13.0 Å². The number of ketones is 1. The Labute approximate surface area is 113 Å². The van der Waals surface area contributed by atoms with Crippen LogP contribution in [0.25, 0.3) is 0 Å². The van der Waals surface area contributed by atoms with Crippen molar-refractivity contribution in [3.8, 4) is 5.75 Å². The van der Waals surface area contributed by atoms with Crippen LogP contribution in [0.3, 0.4) is 0 Å². The van der Waals surface area contributed by atoms with Crippen LogP contribution in [-0.4, -0.2) is 25.5 Å². The van der Waals surface area contributed by atoms with Crippen LogP contribution in [0, 0.1) is 12.3 Å². The quantitative estimate of drug-likeness (QED) is 0.466. The second-order valence-corrected chi connectivity index (χ2v) is 4.88. The average Bonchev–Trinajstić information content (AvgIpc) is 2.37. The average molecular weight is 264 g/mol. The van der Waals surface area contributed by atoms with E-state index in [9.17, 15) is 9.59 Å². The van der Waals surface area contributed by atoms with E-state index >= 15 is 0 Å². The first-order valence-electron chi connectivity index (χ1n) is 6.21. The van der Waals surface area contributed by atoms with Gasteiger partial charge in [-0.2, -0.15) is 0 Å². The Kier molecular flexibility index (Phi) is 4.70. The summed E-state index contributed by atoms with van der Waals surface area (Å²) in [5, 5.41) is 0. The second kappa shape index (κ2) is 5.87. The molecule has 0 unspecified atom stereocenters. The highest BCUT2D eigenvalue weighted by atomic mass is 16.5. The molecule has 4 nitrogen and oxygen atoms in total. The maximum absolute atomic E-state index is 12.5. The molecule has 1 aromatic rings. The zero-order valence-electron chi connectivity index (χ0n) is 12.1. The molecule has 1 rings (SSSR count). The van der Waals surface area contributed by atoms with E-state index in [4.69, 9.17) is 9.47 Å². The minimum atomic E-state index is -1.22. The van der Waals surface area contributed by atoms with Crippen molar-refractivity contribution in [3.05, 3.63) is 29.3 Å². The first kappa shape index (κ1) is 15.2. The van der Waals surface area contributed by atoms with Crippen molar-refractivity contribution in [1.29, 1.82) is 0 Å². The largest absolute Gasteiger partial charge is 0.496 e. The zero-order chi connectivity index (χ0) is 14.6. The number of rotatable bonds is 5. The van der Waals surface area contributed by atoms with Crippen LogP contribution in [-0.2, 0) is 9.53 Å². The van der Waals surface area contributed by atoms with Gasteiger partial charge in [-0.3, -0.25) is 9.59 Å². The summed E-state index contributed by atoms with van der Waals surface area (Å²) < 4.78 is 10.2. The van der Waals surface area contributed by atoms with Gasteiger partial charge in [0.15, 0.2) is 5.78 Å². The van der Waals surface area contributed by atoms with Crippen molar-refractivity contribution in [2.45, 2.75) is 27.7 Å². The van der Waals surface area contributed by atoms with E-state index in [-0.39, 0.29) is 12.4 Å². The topological polar surface area (TPSA) is 52.6 Å². The van der Waals surface area contributed by atoms with E-state index in [0.29, 0.717) is 11.3 Å². The number of esters is 1. The second-order valence-electron chi connectivity index (χ2n) is 4.88. The predicted molar refractivity (Wildman–Crippen MR) is 72.5 cm³/mol. The Balaban J connectivity index is 3.16. The summed E-state index contributed by atoms with van der Waals surface area (Å²) in [6, 6.07) is 5.27. The zero-order valence-corrected chi connectivity index (χ0v) is 12.1. The van der Waals surface area contributed by atoms with Crippen molar-refractivity contribution < 1.29 is 19.1 Å². The van der Waals surface area contributed by atoms with Crippen LogP contribution in [0.5, 0.6) is 5.75 Å². The first-order valence-corrected chi connectivity index (χ1v) is 6.21. The van der Waals surface area contributed by atoms with Crippen LogP contribution in [0.2, 0.25) is 0 Å². The minimum Gasteiger partial charge on any atom is -0.496 e. The third kappa shape index (κ3) is 3.13. The summed E-state index contributed by atoms with van der Waals surface area (Å²) in [6.07, 6.45) is 0. The number of methoxy groups -OCH3 is 1. The third-order valence-electron chi connectivity index (χ3n) is 2.96. The number of hydrogen-bond acceptors (Lipinski definition) is 4. The highest BCUT2D eigenvalue weighted by Gasteiger charge is 2.39. The number of hydrogen-bond donors (Lipinski definition) is 0. The number of ether oxygens (including phenoxy) is 2. The summed E-state index contributed by atoms with van der Waals surface area (Å²) in [6.45, 7) is 7.00. The lowest BCUT2D eigenvalue weighted by atomic mass is 9.83. The first-order chi connectivity index (χ1) is 8.84. The molecule has 0 fully saturated rings. The standard InChI is InChI=1S/C15H20O4/c1-6-19-14(17)15(3,4)13(16)11-8-7-10(2)9-12(11)18-5/h7-9H,6H2,1-5H3. The molecule has 1 aromatic carbocycles. The molecule has 0 aromatic heterocycles. The fraction of sp³-hybridized carbons (Fsp3) is 0.467. The predicted octanol–water partition coefficient (Wildman–Crippen LogP) is 2.78. The van der Waals surface area contributed by atoms with E-state index in [1.165, 1.54) is 7.11 Å². The highest BCUT2D eigenvalue weighted by molar-refractivity contribution is 6.13. The normalized spacial score (nSPS) is 11.0. The molecule has 0 aliphatic heterocycles. The van der Waals surface area contributed by atoms with Crippen LogP contribution < -0.4 is 4.74 Å². The molecule has 0 aliphatic rings. The number of Topliss-reactive ketones (excluding diaryl/α,β-unsaturated/α-hetero) is 1. The third-order valence-corrected chi connectivity index (χ3v) is 2.96. The number of carbonyl (C=O) groups is 2. The molecule has 0 atom stereocenters. The van der Waals surface area contributed by atoms with Crippen molar-refractivity contribution in [2.75, 3.05) is 13.7 Å². The molecule has 104 valence electrons. The Morgan fingerprint density at radius 1 is 1.26 bits per heavy atom. The smallest absolute Gasteiger partial charge is 0.319 e. The maximum atomic E-state index is 12.5. The minimum absolute atomic E-state index is 0.251. The van der Waals surface area contributed by atoms with E-state index in [1.54, 1.807) is 32.9 Å². The van der Waals surface area contributed by atoms with Gasteiger partial charge in [-0.15, -0.1) is 0 Å². The number of carbonyl (C=O) groups excluding carboxylic acids is 2. The van der Waals surface area contributed by atoms with Crippen LogP contribution in [0.4, 0.5) is 0 Å². The van der Waals surface area contributed by atoms with Gasteiger partial charge in [-0.1, -0.05) is 6.07 Å². The fourth-order valence-corrected chi connectivity index (χ4v) is 1.73. The SMILES string of the molecule is CCOC(=O)C(C)(C)C(=O)c1ccc(C)cc1OC. The number of aryl methyl sites for hydroxylation is 1. The van der Waals surface area contributed by atoms with Crippen LogP contribution >= 0.6 is 0 Å². The molecular formula is C15H20O4. The molecule has 0 aliphatic carbocycles. The summed E-state index contributed by atoms with van der Waals surface area (Å²) in [5.74, 6) is -0.354. The molecule has 0 amide bonds. The summed E-state index contributed by atoms with van der Waals surface area (Å²) >= 11 is 0. The Morgan fingerprint density at radius 2 is 1.89 bits per heavy atom. The molecule has 0 spiro atoms. The van der Waals surface area contributed by atoms with Crippen LogP contribution in [0.1, 0.15) is 36.7 Å². The lowest BCUT2D eigenvalue weighted by Gasteiger charge is -2.22. The van der Waals surface area contributed by atoms with Gasteiger partial charge in [0.05, 0.1) is 19.3 Å². The van der Waals surface area contributed by atoms with Gasteiger partial charge in [-0.05, 0) is 45.4 Å². The Bertz CT molecular complexity index is 489. The summed E-state index contributed by atoms with van der Waals surface area (Å²) in [4.78, 5) is 24.4. The number of benzene rings is 1. The van der Waals surface area contributed by atoms with Gasteiger partial charge in [0, 0.05) is 0 Å². The molecule has 0 saturated carbocycles. The lowest BCUT2D eigenvalue weighted by Crippen LogP contribution is -2.35. The van der Waals surface area contributed by atoms with Crippen molar-refractivity contribution in [1.82, 2.24) is 0 Å². The van der Waals surface area contributed by atoms with E-state index in [0.717, 1.165) is 5.56 Å². The molecule has 0 radical (unpaired) electrons. The van der Waals surface area contributed by atoms with Crippen molar-refractivity contribution >= 4 is 11.8 Å². The van der Waals surface area contributed by atoms with Gasteiger partial charge in [0.1, 0.15) is 11.2 Å². The summed E-state index contributed by atoms with van der Waals surface area (Å²) in [5.41, 5.74) is 0.159. The van der Waals surface area contributed by atoms with Gasteiger partial charge >= 0.3 is 5.97 Å². The molecule has 0 heterocycles. The Hall–Kier alpha value is -1.84. The Morgan fingerprint density at radius 3 is 2.42 bits per heavy atom. The molecule has 19 heavy (non-hydrogen) atoms. The van der Waals surface area contributed by atoms with E-state index in [2.05, 4.69) is 0 Å². The summed E-state index contributed by atoms with van der Waals surface area (Å²) in [7, 11) is 1.50. The van der Waals surface area contributed by atoms with Gasteiger partial charge in [0.2, 0.25) is 0 Å². The molecule has 4 heteroatoms. The van der Waals surface area contributed by atoms with Crippen molar-refractivity contribution in [2.24, 2.45) is 5.41 Å². The fourth-order valence-electron chi connectivity index (χ4n) is 1.73. The lowest BCUT2D eigenvalue weighted by molar-refractivity contribution is -0.150. The molecule has 0 bridgehead atoms. The highest BCUT2D eigenvalue weighted by Crippen LogP contribution is 2.29. The maximum Gasteiger partial charge on any atom is 0.319 e.